The zero-order valence-electron chi connectivity index (χ0n) is 18.1. The highest BCUT2D eigenvalue weighted by atomic mass is 79.9. The van der Waals surface area contributed by atoms with Crippen LogP contribution < -0.4 is 14.2 Å². The number of hydrogen-bond acceptors (Lipinski definition) is 8. The van der Waals surface area contributed by atoms with Crippen LogP contribution in [0.25, 0.3) is 0 Å². The summed E-state index contributed by atoms with van der Waals surface area (Å²) in [5.41, 5.74) is 0.0667. The highest BCUT2D eigenvalue weighted by Crippen LogP contribution is 2.39. The van der Waals surface area contributed by atoms with Crippen molar-refractivity contribution in [3.8, 4) is 5.75 Å². The van der Waals surface area contributed by atoms with Crippen LogP contribution in [0.4, 0.5) is 10.5 Å². The lowest BCUT2D eigenvalue weighted by molar-refractivity contribution is -0.127. The molecule has 0 spiro atoms. The molecule has 1 aromatic carbocycles. The third-order valence-electron chi connectivity index (χ3n) is 3.92. The lowest BCUT2D eigenvalue weighted by Crippen LogP contribution is -2.39. The molecule has 32 heavy (non-hydrogen) atoms. The van der Waals surface area contributed by atoms with E-state index < -0.39 is 33.7 Å². The van der Waals surface area contributed by atoms with E-state index in [1.165, 1.54) is 17.1 Å². The number of anilines is 1. The number of esters is 1. The molecule has 0 saturated heterocycles. The Hall–Kier alpha value is -2.80. The molecule has 174 valence electrons. The molecule has 0 bridgehead atoms. The van der Waals surface area contributed by atoms with Crippen LogP contribution >= 0.6 is 15.9 Å². The average molecular weight is 531 g/mol. The van der Waals surface area contributed by atoms with E-state index >= 15 is 0 Å². The fraction of sp³-hybridized carbons (Fsp3) is 0.421. The molecular formula is C19H23BrN4O7S. The number of hydrogen-bond donors (Lipinski definition) is 2. The summed E-state index contributed by atoms with van der Waals surface area (Å²) in [5.74, 6) is -1.29. The van der Waals surface area contributed by atoms with Gasteiger partial charge in [0.1, 0.15) is 11.2 Å². The van der Waals surface area contributed by atoms with Gasteiger partial charge in [0.2, 0.25) is 5.79 Å². The molecule has 1 aliphatic heterocycles. The number of nitrogens with zero attached hydrogens (tertiary/aromatic N) is 2. The van der Waals surface area contributed by atoms with Gasteiger partial charge in [0.15, 0.2) is 5.75 Å². The summed E-state index contributed by atoms with van der Waals surface area (Å²) < 4.78 is 46.3. The summed E-state index contributed by atoms with van der Waals surface area (Å²) in [6.45, 7) is 8.22. The zero-order valence-corrected chi connectivity index (χ0v) is 20.5. The van der Waals surface area contributed by atoms with Gasteiger partial charge in [-0.2, -0.15) is 13.5 Å². The first-order valence-electron chi connectivity index (χ1n) is 9.44. The van der Waals surface area contributed by atoms with Gasteiger partial charge in [0.05, 0.1) is 22.9 Å². The van der Waals surface area contributed by atoms with Crippen molar-refractivity contribution in [2.75, 3.05) is 4.72 Å². The second-order valence-corrected chi connectivity index (χ2v) is 10.7. The van der Waals surface area contributed by atoms with Crippen LogP contribution in [0, 0.1) is 0 Å². The maximum Gasteiger partial charge on any atom is 0.422 e. The van der Waals surface area contributed by atoms with Crippen LogP contribution in [-0.2, 0) is 26.2 Å². The Morgan fingerprint density at radius 1 is 1.28 bits per heavy atom. The Labute approximate surface area is 193 Å². The number of cyclic esters (lactones) is 1. The first-order chi connectivity index (χ1) is 14.6. The molecule has 1 aliphatic rings. The minimum atomic E-state index is -4.24. The van der Waals surface area contributed by atoms with Crippen molar-refractivity contribution in [2.45, 2.75) is 52.6 Å². The summed E-state index contributed by atoms with van der Waals surface area (Å²) in [5, 5.41) is 4.10. The zero-order chi connectivity index (χ0) is 23.9. The number of halogens is 1. The minimum Gasteiger partial charge on any atom is -0.451 e. The van der Waals surface area contributed by atoms with E-state index in [9.17, 15) is 18.0 Å². The van der Waals surface area contributed by atoms with Gasteiger partial charge in [0.25, 0.3) is 0 Å². The summed E-state index contributed by atoms with van der Waals surface area (Å²) in [6, 6.07) is 3.45. The van der Waals surface area contributed by atoms with E-state index in [-0.39, 0.29) is 17.8 Å². The van der Waals surface area contributed by atoms with Crippen LogP contribution in [0.15, 0.2) is 29.0 Å². The van der Waals surface area contributed by atoms with Crippen molar-refractivity contribution in [3.63, 3.8) is 0 Å². The second kappa shape index (κ2) is 8.28. The van der Waals surface area contributed by atoms with Crippen molar-refractivity contribution in [2.24, 2.45) is 0 Å². The van der Waals surface area contributed by atoms with E-state index in [1.54, 1.807) is 51.5 Å². The van der Waals surface area contributed by atoms with Gasteiger partial charge < -0.3 is 14.2 Å². The van der Waals surface area contributed by atoms with Crippen LogP contribution in [0.5, 0.6) is 5.75 Å². The summed E-state index contributed by atoms with van der Waals surface area (Å²) >= 11 is 3.38. The third-order valence-corrected chi connectivity index (χ3v) is 5.49. The Kier molecular flexibility index (Phi) is 6.17. The molecule has 2 heterocycles. The van der Waals surface area contributed by atoms with Crippen LogP contribution in [0.3, 0.4) is 0 Å². The summed E-state index contributed by atoms with van der Waals surface area (Å²) in [7, 11) is -4.24. The molecule has 0 aliphatic carbocycles. The topological polar surface area (TPSA) is 138 Å². The number of rotatable bonds is 5. The Bertz CT molecular complexity index is 1170. The number of carbonyl (C=O) groups is 2. The fourth-order valence-electron chi connectivity index (χ4n) is 2.86. The Balaban J connectivity index is 1.75. The predicted octanol–water partition coefficient (Wildman–Crippen LogP) is 3.16. The number of benzene rings is 1. The molecule has 1 aromatic heterocycles. The Morgan fingerprint density at radius 3 is 2.62 bits per heavy atom. The van der Waals surface area contributed by atoms with Gasteiger partial charge in [-0.05, 0) is 48.3 Å². The lowest BCUT2D eigenvalue weighted by Gasteiger charge is -2.33. The molecule has 0 atom stereocenters. The van der Waals surface area contributed by atoms with E-state index in [0.29, 0.717) is 15.8 Å². The van der Waals surface area contributed by atoms with Gasteiger partial charge in [-0.1, -0.05) is 6.07 Å². The molecule has 13 heteroatoms. The maximum absolute atomic E-state index is 12.6. The van der Waals surface area contributed by atoms with Gasteiger partial charge >= 0.3 is 22.3 Å². The van der Waals surface area contributed by atoms with E-state index in [2.05, 4.69) is 25.8 Å². The van der Waals surface area contributed by atoms with E-state index in [4.69, 9.17) is 14.2 Å². The van der Waals surface area contributed by atoms with Gasteiger partial charge in [-0.3, -0.25) is 9.40 Å². The highest BCUT2D eigenvalue weighted by Gasteiger charge is 2.37. The molecule has 2 N–H and O–H groups in total. The summed E-state index contributed by atoms with van der Waals surface area (Å²) in [4.78, 5) is 24.3. The number of fused-ring (bicyclic) bond motifs is 1. The average Bonchev–Trinajstić information content (AvgIpc) is 3.00. The molecule has 3 rings (SSSR count). The molecule has 0 fully saturated rings. The predicted molar refractivity (Wildman–Crippen MR) is 118 cm³/mol. The first kappa shape index (κ1) is 23.9. The molecule has 0 saturated carbocycles. The number of ether oxygens (including phenoxy) is 3. The largest absolute Gasteiger partial charge is 0.451 e. The molecular weight excluding hydrogens is 508 g/mol. The number of carbonyl (C=O) groups excluding carboxylic acids is 2. The number of aromatic nitrogens is 2. The molecule has 1 amide bonds. The molecule has 2 aromatic rings. The smallest absolute Gasteiger partial charge is 0.422 e. The van der Waals surface area contributed by atoms with Gasteiger partial charge in [0, 0.05) is 20.0 Å². The standard InChI is InChI=1S/C19H23BrN4O7S/c1-18(2,3)31-17(26)23-32(27,28)22-12-8-21-24(10-12)9-11-6-7-13(20)15-14(11)16(25)30-19(4,5)29-15/h6-8,10,22H,9H2,1-5H3,(H,23,26). The van der Waals surface area contributed by atoms with Gasteiger partial charge in [-0.15, -0.1) is 0 Å². The van der Waals surface area contributed by atoms with Crippen molar-refractivity contribution < 1.29 is 32.2 Å². The van der Waals surface area contributed by atoms with Crippen LogP contribution in [-0.4, -0.2) is 41.6 Å². The normalized spacial score (nSPS) is 15.2. The fourth-order valence-corrected chi connectivity index (χ4v) is 4.00. The van der Waals surface area contributed by atoms with Crippen molar-refractivity contribution in [1.82, 2.24) is 14.5 Å². The van der Waals surface area contributed by atoms with Crippen molar-refractivity contribution >= 4 is 43.9 Å². The Morgan fingerprint density at radius 2 is 1.97 bits per heavy atom. The van der Waals surface area contributed by atoms with Crippen LogP contribution in [0.1, 0.15) is 50.5 Å². The summed E-state index contributed by atoms with van der Waals surface area (Å²) in [6.07, 6.45) is 1.56. The quantitative estimate of drug-likeness (QED) is 0.562. The van der Waals surface area contributed by atoms with E-state index in [0.717, 1.165) is 0 Å². The molecule has 11 nitrogen and oxygen atoms in total. The van der Waals surface area contributed by atoms with Crippen molar-refractivity contribution in [1.29, 1.82) is 0 Å². The van der Waals surface area contributed by atoms with Crippen LogP contribution in [0.2, 0.25) is 0 Å². The molecule has 0 unspecified atom stereocenters. The molecule has 0 radical (unpaired) electrons. The van der Waals surface area contributed by atoms with Crippen molar-refractivity contribution in [3.05, 3.63) is 40.1 Å². The second-order valence-electron chi connectivity index (χ2n) is 8.44. The third kappa shape index (κ3) is 5.91. The lowest BCUT2D eigenvalue weighted by atomic mass is 10.0. The number of nitrogens with one attached hydrogen (secondary N) is 2. The SMILES string of the molecule is CC(C)(C)OC(=O)NS(=O)(=O)Nc1cnn(Cc2ccc(Br)c3c2C(=O)OC(C)(C)O3)c1. The number of amides is 1. The highest BCUT2D eigenvalue weighted by molar-refractivity contribution is 9.10. The maximum atomic E-state index is 12.6. The van der Waals surface area contributed by atoms with Gasteiger partial charge in [-0.25, -0.2) is 14.3 Å². The first-order valence-corrected chi connectivity index (χ1v) is 11.7. The van der Waals surface area contributed by atoms with E-state index in [1.807, 2.05) is 0 Å². The minimum absolute atomic E-state index is 0.104. The monoisotopic (exact) mass is 530 g/mol.